The summed E-state index contributed by atoms with van der Waals surface area (Å²) in [5, 5.41) is 3.63. The highest BCUT2D eigenvalue weighted by molar-refractivity contribution is 7.20. The zero-order valence-corrected chi connectivity index (χ0v) is 12.7. The molecule has 1 aromatic heterocycles. The highest BCUT2D eigenvalue weighted by atomic mass is 32.1. The summed E-state index contributed by atoms with van der Waals surface area (Å²) < 4.78 is 39.0. The van der Waals surface area contributed by atoms with Crippen LogP contribution in [-0.2, 0) is 12.7 Å². The van der Waals surface area contributed by atoms with Crippen molar-refractivity contribution in [1.82, 2.24) is 5.32 Å². The molecule has 1 N–H and O–H groups in total. The number of halogens is 3. The van der Waals surface area contributed by atoms with Gasteiger partial charge in [-0.1, -0.05) is 30.3 Å². The number of thiophene rings is 1. The summed E-state index contributed by atoms with van der Waals surface area (Å²) >= 11 is 1.36. The smallest absolute Gasteiger partial charge is 0.347 e. The second kappa shape index (κ2) is 6.04. The van der Waals surface area contributed by atoms with Crippen molar-refractivity contribution in [3.63, 3.8) is 0 Å². The Kier molecular flexibility index (Phi) is 4.09. The van der Waals surface area contributed by atoms with Gasteiger partial charge in [-0.2, -0.15) is 13.2 Å². The highest BCUT2D eigenvalue weighted by Gasteiger charge is 2.30. The van der Waals surface area contributed by atoms with Gasteiger partial charge in [-0.15, -0.1) is 11.3 Å². The van der Waals surface area contributed by atoms with Crippen molar-refractivity contribution in [1.29, 1.82) is 0 Å². The van der Waals surface area contributed by atoms with E-state index in [1.54, 1.807) is 12.1 Å². The van der Waals surface area contributed by atoms with Crippen molar-refractivity contribution >= 4 is 27.3 Å². The van der Waals surface area contributed by atoms with Crippen molar-refractivity contribution in [3.8, 4) is 0 Å². The summed E-state index contributed by atoms with van der Waals surface area (Å²) in [4.78, 5) is 12.7. The summed E-state index contributed by atoms with van der Waals surface area (Å²) in [6, 6.07) is 14.3. The van der Waals surface area contributed by atoms with E-state index in [4.69, 9.17) is 0 Å². The Bertz CT molecular complexity index is 821. The maximum atomic E-state index is 12.7. The van der Waals surface area contributed by atoms with Gasteiger partial charge in [-0.05, 0) is 35.2 Å². The molecule has 0 atom stereocenters. The molecule has 2 nitrogen and oxygen atoms in total. The second-order valence-corrected chi connectivity index (χ2v) is 6.11. The Labute approximate surface area is 134 Å². The number of hydrogen-bond donors (Lipinski definition) is 1. The summed E-state index contributed by atoms with van der Waals surface area (Å²) in [5.41, 5.74) is -0.305. The lowest BCUT2D eigenvalue weighted by atomic mass is 10.1. The molecule has 0 saturated heterocycles. The fraction of sp³-hybridized carbons (Fsp3) is 0.118. The molecule has 0 spiro atoms. The van der Waals surface area contributed by atoms with Crippen LogP contribution in [0.2, 0.25) is 0 Å². The van der Waals surface area contributed by atoms with E-state index in [-0.39, 0.29) is 12.5 Å². The van der Waals surface area contributed by atoms with Crippen LogP contribution >= 0.6 is 11.3 Å². The minimum atomic E-state index is -4.38. The predicted octanol–water partition coefficient (Wildman–Crippen LogP) is 4.85. The molecule has 0 fully saturated rings. The van der Waals surface area contributed by atoms with E-state index in [2.05, 4.69) is 5.32 Å². The molecule has 2 aromatic carbocycles. The normalized spacial score (nSPS) is 11.6. The third-order valence-corrected chi connectivity index (χ3v) is 4.47. The van der Waals surface area contributed by atoms with Crippen molar-refractivity contribution in [2.24, 2.45) is 0 Å². The molecule has 1 heterocycles. The summed E-state index contributed by atoms with van der Waals surface area (Å²) in [5.74, 6) is -0.288. The molecular formula is C17H12F3NOS. The molecule has 23 heavy (non-hydrogen) atoms. The average Bonchev–Trinajstić information content (AvgIpc) is 2.96. The van der Waals surface area contributed by atoms with Gasteiger partial charge in [0.2, 0.25) is 0 Å². The lowest BCUT2D eigenvalue weighted by Gasteiger charge is -2.09. The highest BCUT2D eigenvalue weighted by Crippen LogP contribution is 2.29. The molecule has 6 heteroatoms. The first-order valence-electron chi connectivity index (χ1n) is 6.86. The van der Waals surface area contributed by atoms with Gasteiger partial charge in [0.1, 0.15) is 0 Å². The van der Waals surface area contributed by atoms with Gasteiger partial charge in [0.05, 0.1) is 10.4 Å². The first-order valence-corrected chi connectivity index (χ1v) is 7.68. The Morgan fingerprint density at radius 2 is 1.83 bits per heavy atom. The lowest BCUT2D eigenvalue weighted by Crippen LogP contribution is -2.22. The largest absolute Gasteiger partial charge is 0.416 e. The standard InChI is InChI=1S/C17H12F3NOS/c18-17(19,20)13-6-3-4-11(8-13)10-21-16(22)15-9-12-5-1-2-7-14(12)23-15/h1-9H,10H2,(H,21,22). The van der Waals surface area contributed by atoms with E-state index in [9.17, 15) is 18.0 Å². The summed E-state index contributed by atoms with van der Waals surface area (Å²) in [6.45, 7) is 0.0526. The van der Waals surface area contributed by atoms with Crippen LogP contribution in [0.1, 0.15) is 20.8 Å². The van der Waals surface area contributed by atoms with Crippen LogP contribution in [0.5, 0.6) is 0 Å². The molecule has 0 saturated carbocycles. The monoisotopic (exact) mass is 335 g/mol. The molecule has 0 unspecified atom stereocenters. The van der Waals surface area contributed by atoms with Crippen LogP contribution in [-0.4, -0.2) is 5.91 Å². The fourth-order valence-corrected chi connectivity index (χ4v) is 3.20. The Hall–Kier alpha value is -2.34. The average molecular weight is 335 g/mol. The van der Waals surface area contributed by atoms with E-state index in [1.165, 1.54) is 17.4 Å². The number of carbonyl (C=O) groups excluding carboxylic acids is 1. The Balaban J connectivity index is 1.71. The number of alkyl halides is 3. The SMILES string of the molecule is O=C(NCc1cccc(C(F)(F)F)c1)c1cc2ccccc2s1. The third kappa shape index (κ3) is 3.53. The molecule has 0 radical (unpaired) electrons. The van der Waals surface area contributed by atoms with Crippen LogP contribution in [0.15, 0.2) is 54.6 Å². The molecule has 0 aliphatic heterocycles. The van der Waals surface area contributed by atoms with Gasteiger partial charge < -0.3 is 5.32 Å². The number of benzene rings is 2. The molecule has 1 amide bonds. The molecule has 0 aliphatic rings. The first kappa shape index (κ1) is 15.6. The quantitative estimate of drug-likeness (QED) is 0.728. The number of hydrogen-bond acceptors (Lipinski definition) is 2. The van der Waals surface area contributed by atoms with Crippen molar-refractivity contribution < 1.29 is 18.0 Å². The van der Waals surface area contributed by atoms with Crippen LogP contribution in [0, 0.1) is 0 Å². The maximum absolute atomic E-state index is 12.7. The molecule has 3 rings (SSSR count). The van der Waals surface area contributed by atoms with E-state index in [0.717, 1.165) is 22.2 Å². The minimum Gasteiger partial charge on any atom is -0.347 e. The van der Waals surface area contributed by atoms with Gasteiger partial charge in [-0.25, -0.2) is 0 Å². The molecule has 0 bridgehead atoms. The van der Waals surface area contributed by atoms with Gasteiger partial charge in [0.25, 0.3) is 5.91 Å². The zero-order valence-electron chi connectivity index (χ0n) is 11.9. The van der Waals surface area contributed by atoms with Crippen LogP contribution in [0.4, 0.5) is 13.2 Å². The first-order chi connectivity index (χ1) is 10.9. The molecule has 0 aliphatic carbocycles. The number of carbonyl (C=O) groups is 1. The van der Waals surface area contributed by atoms with Gasteiger partial charge >= 0.3 is 6.18 Å². The van der Waals surface area contributed by atoms with Crippen molar-refractivity contribution in [3.05, 3.63) is 70.6 Å². The molecule has 118 valence electrons. The summed E-state index contributed by atoms with van der Waals surface area (Å²) in [6.07, 6.45) is -4.38. The lowest BCUT2D eigenvalue weighted by molar-refractivity contribution is -0.137. The Morgan fingerprint density at radius 3 is 2.57 bits per heavy atom. The van der Waals surface area contributed by atoms with Crippen molar-refractivity contribution in [2.45, 2.75) is 12.7 Å². The van der Waals surface area contributed by atoms with Gasteiger partial charge in [0.15, 0.2) is 0 Å². The predicted molar refractivity (Wildman–Crippen MR) is 84.4 cm³/mol. The van der Waals surface area contributed by atoms with E-state index in [0.29, 0.717) is 10.4 Å². The second-order valence-electron chi connectivity index (χ2n) is 5.03. The number of fused-ring (bicyclic) bond motifs is 1. The van der Waals surface area contributed by atoms with Crippen molar-refractivity contribution in [2.75, 3.05) is 0 Å². The van der Waals surface area contributed by atoms with Gasteiger partial charge in [0, 0.05) is 11.2 Å². The summed E-state index contributed by atoms with van der Waals surface area (Å²) in [7, 11) is 0. The Morgan fingerprint density at radius 1 is 1.04 bits per heavy atom. The molecular weight excluding hydrogens is 323 g/mol. The maximum Gasteiger partial charge on any atom is 0.416 e. The topological polar surface area (TPSA) is 29.1 Å². The van der Waals surface area contributed by atoms with Gasteiger partial charge in [-0.3, -0.25) is 4.79 Å². The van der Waals surface area contributed by atoms with Crippen LogP contribution in [0.25, 0.3) is 10.1 Å². The third-order valence-electron chi connectivity index (χ3n) is 3.36. The molecule has 3 aromatic rings. The van der Waals surface area contributed by atoms with E-state index in [1.807, 2.05) is 24.3 Å². The minimum absolute atomic E-state index is 0.0526. The van der Waals surface area contributed by atoms with Crippen LogP contribution < -0.4 is 5.32 Å². The van der Waals surface area contributed by atoms with Crippen LogP contribution in [0.3, 0.4) is 0 Å². The fourth-order valence-electron chi connectivity index (χ4n) is 2.22. The number of rotatable bonds is 3. The van der Waals surface area contributed by atoms with E-state index < -0.39 is 11.7 Å². The number of nitrogens with one attached hydrogen (secondary N) is 1. The number of amides is 1. The zero-order chi connectivity index (χ0) is 16.4. The van der Waals surface area contributed by atoms with E-state index >= 15 is 0 Å².